The van der Waals surface area contributed by atoms with Crippen LogP contribution in [0.15, 0.2) is 72.8 Å². The van der Waals surface area contributed by atoms with Crippen LogP contribution in [0.2, 0.25) is 0 Å². The monoisotopic (exact) mass is 576 g/mol. The Morgan fingerprint density at radius 3 is 2.61 bits per heavy atom. The molecule has 0 saturated carbocycles. The molecule has 3 atom stereocenters. The van der Waals surface area contributed by atoms with Crippen LogP contribution in [0.4, 0.5) is 11.4 Å². The Bertz CT molecular complexity index is 1450. The number of nitrogens with zero attached hydrogens (tertiary/aromatic N) is 1. The molecule has 3 aromatic carbocycles. The standard InChI is InChI=1S/C32H40N4O4S/c1-2-33-26-19-25(20-27(21-26)36-16-8-9-17-41(36,39)40)32(38)35-30(18-23-10-4-3-5-11-23)31(37)22-34-29-15-14-24-12-6-7-13-28(24)29/h3-7,10-13,19-21,29-31,33-34,37H,2,8-9,14-18,22H2,1H3,(H,35,38)/t29-,30+,31-/m1/s1. The molecule has 1 fully saturated rings. The number of hydrogen-bond donors (Lipinski definition) is 4. The van der Waals surface area contributed by atoms with Crippen molar-refractivity contribution in [2.45, 2.75) is 57.2 Å². The average molecular weight is 577 g/mol. The summed E-state index contributed by atoms with van der Waals surface area (Å²) in [4.78, 5) is 13.7. The summed E-state index contributed by atoms with van der Waals surface area (Å²) >= 11 is 0. The number of aryl methyl sites for hydroxylation is 1. The summed E-state index contributed by atoms with van der Waals surface area (Å²) in [5.41, 5.74) is 5.11. The summed E-state index contributed by atoms with van der Waals surface area (Å²) in [5.74, 6) is -0.254. The molecule has 0 bridgehead atoms. The van der Waals surface area contributed by atoms with Crippen molar-refractivity contribution in [2.75, 3.05) is 35.0 Å². The minimum Gasteiger partial charge on any atom is -0.390 e. The van der Waals surface area contributed by atoms with E-state index in [2.05, 4.69) is 34.1 Å². The molecular weight excluding hydrogens is 536 g/mol. The van der Waals surface area contributed by atoms with Gasteiger partial charge in [0, 0.05) is 36.9 Å². The molecule has 2 aliphatic rings. The maximum absolute atomic E-state index is 13.7. The number of anilines is 2. The van der Waals surface area contributed by atoms with Gasteiger partial charge in [-0.05, 0) is 73.9 Å². The summed E-state index contributed by atoms with van der Waals surface area (Å²) < 4.78 is 27.1. The normalized spacial score (nSPS) is 19.3. The number of benzene rings is 3. The van der Waals surface area contributed by atoms with Gasteiger partial charge in [-0.3, -0.25) is 9.10 Å². The largest absolute Gasteiger partial charge is 0.390 e. The van der Waals surface area contributed by atoms with Crippen molar-refractivity contribution < 1.29 is 18.3 Å². The van der Waals surface area contributed by atoms with E-state index < -0.39 is 22.2 Å². The molecule has 41 heavy (non-hydrogen) atoms. The smallest absolute Gasteiger partial charge is 0.251 e. The Hall–Kier alpha value is -3.40. The highest BCUT2D eigenvalue weighted by atomic mass is 32.2. The number of amides is 1. The molecule has 1 amide bonds. The molecule has 1 aliphatic carbocycles. The number of carbonyl (C=O) groups is 1. The number of carbonyl (C=O) groups excluding carboxylic acids is 1. The zero-order chi connectivity index (χ0) is 28.8. The first-order valence-electron chi connectivity index (χ1n) is 14.6. The third-order valence-electron chi connectivity index (χ3n) is 7.98. The first kappa shape index (κ1) is 29.1. The van der Waals surface area contributed by atoms with E-state index in [1.54, 1.807) is 18.2 Å². The van der Waals surface area contributed by atoms with Crippen molar-refractivity contribution in [2.24, 2.45) is 0 Å². The number of sulfonamides is 1. The third kappa shape index (κ3) is 7.09. The second-order valence-corrected chi connectivity index (χ2v) is 12.9. The minimum atomic E-state index is -3.44. The molecule has 0 spiro atoms. The van der Waals surface area contributed by atoms with Gasteiger partial charge in [-0.25, -0.2) is 8.42 Å². The van der Waals surface area contributed by atoms with Crippen molar-refractivity contribution in [3.63, 3.8) is 0 Å². The van der Waals surface area contributed by atoms with E-state index in [9.17, 15) is 18.3 Å². The average Bonchev–Trinajstić information content (AvgIpc) is 3.39. The molecule has 0 unspecified atom stereocenters. The lowest BCUT2D eigenvalue weighted by Crippen LogP contribution is -2.49. The molecule has 218 valence electrons. The van der Waals surface area contributed by atoms with E-state index in [1.165, 1.54) is 15.4 Å². The van der Waals surface area contributed by atoms with Crippen LogP contribution in [0.25, 0.3) is 0 Å². The van der Waals surface area contributed by atoms with Gasteiger partial charge in [-0.1, -0.05) is 54.6 Å². The number of fused-ring (bicyclic) bond motifs is 1. The van der Waals surface area contributed by atoms with Crippen molar-refractivity contribution in [1.29, 1.82) is 0 Å². The van der Waals surface area contributed by atoms with Crippen LogP contribution in [0.3, 0.4) is 0 Å². The Morgan fingerprint density at radius 2 is 1.83 bits per heavy atom. The van der Waals surface area contributed by atoms with Crippen LogP contribution >= 0.6 is 0 Å². The van der Waals surface area contributed by atoms with Gasteiger partial charge in [0.25, 0.3) is 5.91 Å². The second kappa shape index (κ2) is 13.1. The van der Waals surface area contributed by atoms with Crippen LogP contribution in [0.5, 0.6) is 0 Å². The lowest BCUT2D eigenvalue weighted by molar-refractivity contribution is 0.0824. The zero-order valence-electron chi connectivity index (χ0n) is 23.6. The summed E-state index contributed by atoms with van der Waals surface area (Å²) in [6, 6.07) is 22.9. The van der Waals surface area contributed by atoms with Crippen molar-refractivity contribution in [3.05, 3.63) is 95.1 Å². The van der Waals surface area contributed by atoms with Crippen LogP contribution < -0.4 is 20.3 Å². The first-order chi connectivity index (χ1) is 19.8. The Morgan fingerprint density at radius 1 is 1.05 bits per heavy atom. The van der Waals surface area contributed by atoms with Gasteiger partial charge < -0.3 is 21.1 Å². The minimum absolute atomic E-state index is 0.101. The van der Waals surface area contributed by atoms with Crippen LogP contribution in [-0.2, 0) is 22.9 Å². The summed E-state index contributed by atoms with van der Waals surface area (Å²) in [7, 11) is -3.44. The number of aliphatic hydroxyl groups is 1. The van der Waals surface area contributed by atoms with Crippen LogP contribution in [-0.4, -0.2) is 57.0 Å². The predicted molar refractivity (Wildman–Crippen MR) is 164 cm³/mol. The van der Waals surface area contributed by atoms with Gasteiger partial charge in [0.2, 0.25) is 10.0 Å². The van der Waals surface area contributed by atoms with Crippen LogP contribution in [0.1, 0.15) is 59.3 Å². The lowest BCUT2D eigenvalue weighted by Gasteiger charge is -2.29. The fourth-order valence-electron chi connectivity index (χ4n) is 5.85. The predicted octanol–water partition coefficient (Wildman–Crippen LogP) is 4.03. The SMILES string of the molecule is CCNc1cc(C(=O)N[C@@H](Cc2ccccc2)[C@H](O)CN[C@@H]2CCc3ccccc32)cc(N2CCCCS2(=O)=O)c1. The molecule has 3 aromatic rings. The Balaban J connectivity index is 1.36. The summed E-state index contributed by atoms with van der Waals surface area (Å²) in [6.07, 6.45) is 3.00. The Labute approximate surface area is 243 Å². The topological polar surface area (TPSA) is 111 Å². The number of nitrogens with one attached hydrogen (secondary N) is 3. The van der Waals surface area contributed by atoms with Crippen molar-refractivity contribution in [3.8, 4) is 0 Å². The lowest BCUT2D eigenvalue weighted by atomic mass is 9.99. The fraction of sp³-hybridized carbons (Fsp3) is 0.406. The molecule has 1 aliphatic heterocycles. The number of hydrogen-bond acceptors (Lipinski definition) is 6. The molecule has 4 N–H and O–H groups in total. The molecule has 1 heterocycles. The molecule has 1 saturated heterocycles. The highest BCUT2D eigenvalue weighted by Crippen LogP contribution is 2.31. The second-order valence-electron chi connectivity index (χ2n) is 10.9. The van der Waals surface area contributed by atoms with Gasteiger partial charge >= 0.3 is 0 Å². The summed E-state index contributed by atoms with van der Waals surface area (Å²) in [5, 5.41) is 21.2. The van der Waals surface area contributed by atoms with Crippen LogP contribution in [0, 0.1) is 0 Å². The quantitative estimate of drug-likeness (QED) is 0.274. The number of rotatable bonds is 11. The molecular formula is C32H40N4O4S. The van der Waals surface area contributed by atoms with Gasteiger partial charge in [0.15, 0.2) is 0 Å². The fourth-order valence-corrected chi connectivity index (χ4v) is 7.47. The molecule has 0 radical (unpaired) electrons. The van der Waals surface area contributed by atoms with E-state index in [0.717, 1.165) is 24.8 Å². The number of aliphatic hydroxyl groups excluding tert-OH is 1. The van der Waals surface area contributed by atoms with Gasteiger partial charge in [-0.15, -0.1) is 0 Å². The van der Waals surface area contributed by atoms with E-state index in [4.69, 9.17) is 0 Å². The molecule has 0 aromatic heterocycles. The van der Waals surface area contributed by atoms with E-state index >= 15 is 0 Å². The van der Waals surface area contributed by atoms with E-state index in [-0.39, 0.29) is 17.7 Å². The first-order valence-corrected chi connectivity index (χ1v) is 16.2. The van der Waals surface area contributed by atoms with Gasteiger partial charge in [0.05, 0.1) is 23.6 Å². The molecule has 5 rings (SSSR count). The highest BCUT2D eigenvalue weighted by Gasteiger charge is 2.29. The maximum atomic E-state index is 13.7. The third-order valence-corrected chi connectivity index (χ3v) is 9.85. The molecule has 9 heteroatoms. The van der Waals surface area contributed by atoms with Crippen molar-refractivity contribution >= 4 is 27.3 Å². The van der Waals surface area contributed by atoms with Gasteiger partial charge in [0.1, 0.15) is 0 Å². The van der Waals surface area contributed by atoms with E-state index in [0.29, 0.717) is 49.4 Å². The highest BCUT2D eigenvalue weighted by molar-refractivity contribution is 7.92. The Kier molecular flexibility index (Phi) is 9.27. The zero-order valence-corrected chi connectivity index (χ0v) is 24.4. The van der Waals surface area contributed by atoms with Crippen molar-refractivity contribution in [1.82, 2.24) is 10.6 Å². The van der Waals surface area contributed by atoms with Gasteiger partial charge in [-0.2, -0.15) is 0 Å². The maximum Gasteiger partial charge on any atom is 0.251 e. The van der Waals surface area contributed by atoms with E-state index in [1.807, 2.05) is 43.3 Å². The molecule has 8 nitrogen and oxygen atoms in total. The summed E-state index contributed by atoms with van der Waals surface area (Å²) in [6.45, 7) is 3.30.